The minimum atomic E-state index is -0.933. The van der Waals surface area contributed by atoms with Gasteiger partial charge in [-0.2, -0.15) is 0 Å². The molecule has 1 N–H and O–H groups in total. The van der Waals surface area contributed by atoms with E-state index in [9.17, 15) is 14.4 Å². The number of ether oxygens (including phenoxy) is 1. The molecule has 0 bridgehead atoms. The molecular formula is C24H29N3O5. The molecule has 0 spiro atoms. The van der Waals surface area contributed by atoms with Crippen molar-refractivity contribution in [2.75, 3.05) is 20.2 Å². The van der Waals surface area contributed by atoms with Crippen LogP contribution in [0.25, 0.3) is 0 Å². The predicted molar refractivity (Wildman–Crippen MR) is 117 cm³/mol. The Kier molecular flexibility index (Phi) is 6.21. The van der Waals surface area contributed by atoms with E-state index in [-0.39, 0.29) is 30.3 Å². The Morgan fingerprint density at radius 2 is 1.94 bits per heavy atom. The monoisotopic (exact) mass is 439 g/mol. The van der Waals surface area contributed by atoms with Crippen molar-refractivity contribution in [1.82, 2.24) is 15.1 Å². The highest BCUT2D eigenvalue weighted by molar-refractivity contribution is 6.07. The lowest BCUT2D eigenvalue weighted by Crippen LogP contribution is -2.56. The maximum absolute atomic E-state index is 13.5. The highest BCUT2D eigenvalue weighted by Gasteiger charge is 2.55. The summed E-state index contributed by atoms with van der Waals surface area (Å²) in [4.78, 5) is 42.3. The Balaban J connectivity index is 1.48. The molecule has 0 radical (unpaired) electrons. The van der Waals surface area contributed by atoms with Gasteiger partial charge in [-0.1, -0.05) is 25.5 Å². The summed E-state index contributed by atoms with van der Waals surface area (Å²) >= 11 is 0. The molecule has 1 aromatic heterocycles. The summed E-state index contributed by atoms with van der Waals surface area (Å²) < 4.78 is 10.7. The average Bonchev–Trinajstić information content (AvgIpc) is 3.42. The molecule has 3 heterocycles. The Bertz CT molecular complexity index is 981. The maximum atomic E-state index is 13.5. The number of rotatable bonds is 7. The van der Waals surface area contributed by atoms with Crippen LogP contribution in [-0.4, -0.2) is 53.4 Å². The van der Waals surface area contributed by atoms with Crippen molar-refractivity contribution in [3.8, 4) is 5.75 Å². The smallest absolute Gasteiger partial charge is 0.325 e. The van der Waals surface area contributed by atoms with Crippen molar-refractivity contribution in [1.29, 1.82) is 0 Å². The van der Waals surface area contributed by atoms with E-state index in [1.807, 2.05) is 19.1 Å². The molecular weight excluding hydrogens is 410 g/mol. The topological polar surface area (TPSA) is 92.1 Å². The number of imide groups is 1. The van der Waals surface area contributed by atoms with Crippen LogP contribution in [0.4, 0.5) is 4.79 Å². The van der Waals surface area contributed by atoms with Crippen LogP contribution in [0.3, 0.4) is 0 Å². The van der Waals surface area contributed by atoms with Crippen LogP contribution in [0.15, 0.2) is 47.1 Å². The molecule has 2 aliphatic heterocycles. The zero-order chi connectivity index (χ0) is 22.7. The number of hydrogen-bond donors (Lipinski definition) is 1. The number of hydrogen-bond acceptors (Lipinski definition) is 5. The summed E-state index contributed by atoms with van der Waals surface area (Å²) in [5.74, 6) is 0.802. The van der Waals surface area contributed by atoms with Crippen molar-refractivity contribution >= 4 is 17.8 Å². The first-order valence-electron chi connectivity index (χ1n) is 11.1. The van der Waals surface area contributed by atoms with Gasteiger partial charge in [-0.05, 0) is 49.4 Å². The lowest BCUT2D eigenvalue weighted by atomic mass is 9.74. The van der Waals surface area contributed by atoms with E-state index in [0.717, 1.165) is 6.42 Å². The number of urea groups is 1. The van der Waals surface area contributed by atoms with E-state index in [0.29, 0.717) is 49.4 Å². The summed E-state index contributed by atoms with van der Waals surface area (Å²) in [5.41, 5.74) is -0.399. The lowest BCUT2D eigenvalue weighted by molar-refractivity contribution is -0.134. The molecule has 32 heavy (non-hydrogen) atoms. The number of piperidine rings is 1. The van der Waals surface area contributed by atoms with Gasteiger partial charge in [0.15, 0.2) is 0 Å². The lowest BCUT2D eigenvalue weighted by Gasteiger charge is -2.41. The highest BCUT2D eigenvalue weighted by Crippen LogP contribution is 2.38. The third kappa shape index (κ3) is 3.85. The molecule has 4 amide bonds. The predicted octanol–water partition coefficient (Wildman–Crippen LogP) is 3.43. The first-order chi connectivity index (χ1) is 15.5. The molecule has 0 unspecified atom stereocenters. The van der Waals surface area contributed by atoms with Crippen molar-refractivity contribution in [2.45, 2.75) is 44.7 Å². The normalized spacial score (nSPS) is 21.7. The number of para-hydroxylation sites is 1. The van der Waals surface area contributed by atoms with Gasteiger partial charge in [0, 0.05) is 13.1 Å². The van der Waals surface area contributed by atoms with Gasteiger partial charge in [0.05, 0.1) is 25.5 Å². The molecule has 170 valence electrons. The zero-order valence-electron chi connectivity index (χ0n) is 18.5. The highest BCUT2D eigenvalue weighted by atomic mass is 16.5. The van der Waals surface area contributed by atoms with Crippen molar-refractivity contribution in [3.05, 3.63) is 54.0 Å². The second-order valence-corrected chi connectivity index (χ2v) is 8.39. The Morgan fingerprint density at radius 3 is 2.59 bits per heavy atom. The Hall–Kier alpha value is -3.29. The minimum absolute atomic E-state index is 0.0396. The van der Waals surface area contributed by atoms with Crippen LogP contribution in [0.5, 0.6) is 5.75 Å². The van der Waals surface area contributed by atoms with Gasteiger partial charge in [0.2, 0.25) is 0 Å². The van der Waals surface area contributed by atoms with Crippen LogP contribution in [0.2, 0.25) is 0 Å². The fraction of sp³-hybridized carbons (Fsp3) is 0.458. The molecule has 8 nitrogen and oxygen atoms in total. The number of carbonyl (C=O) groups excluding carboxylic acids is 3. The molecule has 1 aromatic carbocycles. The molecule has 2 saturated heterocycles. The Labute approximate surface area is 187 Å². The second kappa shape index (κ2) is 9.06. The third-order valence-electron chi connectivity index (χ3n) is 6.56. The van der Waals surface area contributed by atoms with E-state index >= 15 is 0 Å². The fourth-order valence-corrected chi connectivity index (χ4v) is 4.96. The first-order valence-corrected chi connectivity index (χ1v) is 11.1. The van der Waals surface area contributed by atoms with Crippen LogP contribution in [0, 0.1) is 5.92 Å². The standard InChI is InChI=1S/C24H29N3O5/c1-3-12-24(22(29)27(23(30)25-24)16-18-7-6-15-32-18)17-10-13-26(14-11-17)21(28)19-8-4-5-9-20(19)31-2/h4-9,15,17H,3,10-14,16H2,1-2H3,(H,25,30)/t24-/m1/s1. The molecule has 2 aromatic rings. The van der Waals surface area contributed by atoms with E-state index in [4.69, 9.17) is 9.15 Å². The van der Waals surface area contributed by atoms with Crippen LogP contribution in [-0.2, 0) is 11.3 Å². The van der Waals surface area contributed by atoms with Gasteiger partial charge in [-0.3, -0.25) is 14.5 Å². The van der Waals surface area contributed by atoms with E-state index < -0.39 is 5.54 Å². The van der Waals surface area contributed by atoms with Gasteiger partial charge in [0.1, 0.15) is 17.0 Å². The zero-order valence-corrected chi connectivity index (χ0v) is 18.5. The summed E-state index contributed by atoms with van der Waals surface area (Å²) in [6.45, 7) is 3.17. The SMILES string of the molecule is CCC[C@]1(C2CCN(C(=O)c3ccccc3OC)CC2)NC(=O)N(Cc2ccco2)C1=O. The molecule has 8 heteroatoms. The van der Waals surface area contributed by atoms with Crippen LogP contribution >= 0.6 is 0 Å². The van der Waals surface area contributed by atoms with Gasteiger partial charge in [-0.25, -0.2) is 4.79 Å². The summed E-state index contributed by atoms with van der Waals surface area (Å²) in [7, 11) is 1.55. The van der Waals surface area contributed by atoms with Gasteiger partial charge < -0.3 is 19.4 Å². The van der Waals surface area contributed by atoms with Gasteiger partial charge in [0.25, 0.3) is 11.8 Å². The van der Waals surface area contributed by atoms with Crippen LogP contribution in [0.1, 0.15) is 48.7 Å². The molecule has 2 aliphatic rings. The quantitative estimate of drug-likeness (QED) is 0.668. The van der Waals surface area contributed by atoms with Gasteiger partial charge in [-0.15, -0.1) is 0 Å². The maximum Gasteiger partial charge on any atom is 0.325 e. The summed E-state index contributed by atoms with van der Waals surface area (Å²) in [6.07, 6.45) is 4.14. The number of likely N-dealkylation sites (tertiary alicyclic amines) is 1. The largest absolute Gasteiger partial charge is 0.496 e. The molecule has 0 aliphatic carbocycles. The van der Waals surface area contributed by atoms with Crippen molar-refractivity contribution in [3.63, 3.8) is 0 Å². The first kappa shape index (κ1) is 21.9. The van der Waals surface area contributed by atoms with E-state index in [2.05, 4.69) is 5.32 Å². The second-order valence-electron chi connectivity index (χ2n) is 8.39. The number of benzene rings is 1. The number of amides is 4. The molecule has 2 fully saturated rings. The summed E-state index contributed by atoms with van der Waals surface area (Å²) in [6, 6.07) is 10.3. The number of nitrogens with one attached hydrogen (secondary N) is 1. The van der Waals surface area contributed by atoms with Crippen LogP contribution < -0.4 is 10.1 Å². The minimum Gasteiger partial charge on any atom is -0.496 e. The van der Waals surface area contributed by atoms with E-state index in [1.54, 1.807) is 36.3 Å². The fourth-order valence-electron chi connectivity index (χ4n) is 4.96. The van der Waals surface area contributed by atoms with Crippen molar-refractivity contribution < 1.29 is 23.5 Å². The molecule has 0 saturated carbocycles. The Morgan fingerprint density at radius 1 is 1.19 bits per heavy atom. The average molecular weight is 440 g/mol. The number of nitrogens with zero attached hydrogens (tertiary/aromatic N) is 2. The third-order valence-corrected chi connectivity index (χ3v) is 6.56. The van der Waals surface area contributed by atoms with Crippen molar-refractivity contribution in [2.24, 2.45) is 5.92 Å². The van der Waals surface area contributed by atoms with E-state index in [1.165, 1.54) is 11.2 Å². The van der Waals surface area contributed by atoms with Gasteiger partial charge >= 0.3 is 6.03 Å². The summed E-state index contributed by atoms with van der Waals surface area (Å²) in [5, 5.41) is 3.02. The number of methoxy groups -OCH3 is 1. The molecule has 1 atom stereocenters. The number of carbonyl (C=O) groups is 3. The molecule has 4 rings (SSSR count). The number of furan rings is 1.